The van der Waals surface area contributed by atoms with E-state index >= 15 is 0 Å². The normalized spacial score (nSPS) is 34.8. The average Bonchev–Trinajstić information content (AvgIpc) is 3.31. The molecule has 206 valence electrons. The number of ether oxygens (including phenoxy) is 2. The van der Waals surface area contributed by atoms with Gasteiger partial charge in [-0.25, -0.2) is 0 Å². The topological polar surface area (TPSA) is 180 Å². The van der Waals surface area contributed by atoms with Crippen LogP contribution in [0.3, 0.4) is 0 Å². The minimum absolute atomic E-state index is 0.522. The Morgan fingerprint density at radius 2 is 1.00 bits per heavy atom. The second-order valence-corrected chi connectivity index (χ2v) is 10.6. The standard InChI is InChI=1S/C28H28O10S/c29-11-19-25(33)27(35)23(31)17(37-19)7-3-13-1-5-15-16-6-2-14(10-22(16)39-21(15)9-13)4-8-18-24(32)28(36)26(34)20(12-30)38-18/h1-2,5-6,9-10,17-20,23-36H,11-12H2/t17?,18?,19?,20?,23?,24?,25-,26-,27?,28?/m1/s1. The summed E-state index contributed by atoms with van der Waals surface area (Å²) in [4.78, 5) is 0. The molecule has 10 atom stereocenters. The molecule has 10 nitrogen and oxygen atoms in total. The summed E-state index contributed by atoms with van der Waals surface area (Å²) in [5.41, 5.74) is 1.29. The highest BCUT2D eigenvalue weighted by Crippen LogP contribution is 2.35. The molecular weight excluding hydrogens is 528 g/mol. The van der Waals surface area contributed by atoms with Crippen molar-refractivity contribution in [2.75, 3.05) is 13.2 Å². The van der Waals surface area contributed by atoms with E-state index in [1.54, 1.807) is 0 Å². The van der Waals surface area contributed by atoms with Gasteiger partial charge in [0.2, 0.25) is 0 Å². The van der Waals surface area contributed by atoms with Gasteiger partial charge >= 0.3 is 0 Å². The van der Waals surface area contributed by atoms with Crippen LogP contribution < -0.4 is 0 Å². The van der Waals surface area contributed by atoms with E-state index in [0.717, 1.165) is 20.2 Å². The second-order valence-electron chi connectivity index (χ2n) is 9.56. The molecule has 2 aliphatic rings. The Labute approximate surface area is 227 Å². The number of hydrogen-bond acceptors (Lipinski definition) is 11. The summed E-state index contributed by atoms with van der Waals surface area (Å²) in [5.74, 6) is 11.4. The van der Waals surface area contributed by atoms with Crippen LogP contribution in [-0.4, -0.2) is 115 Å². The van der Waals surface area contributed by atoms with Crippen molar-refractivity contribution < 1.29 is 50.3 Å². The molecule has 0 saturated carbocycles. The van der Waals surface area contributed by atoms with Crippen molar-refractivity contribution >= 4 is 31.5 Å². The third kappa shape index (κ3) is 5.41. The first kappa shape index (κ1) is 27.9. The molecule has 0 radical (unpaired) electrons. The molecule has 2 aliphatic heterocycles. The van der Waals surface area contributed by atoms with Crippen molar-refractivity contribution in [1.29, 1.82) is 0 Å². The van der Waals surface area contributed by atoms with E-state index in [9.17, 15) is 40.9 Å². The van der Waals surface area contributed by atoms with Crippen molar-refractivity contribution in [3.05, 3.63) is 47.5 Å². The molecular formula is C28H28O10S. The Balaban J connectivity index is 1.37. The van der Waals surface area contributed by atoms with Crippen molar-refractivity contribution in [3.8, 4) is 23.7 Å². The van der Waals surface area contributed by atoms with Gasteiger partial charge in [-0.2, -0.15) is 0 Å². The molecule has 39 heavy (non-hydrogen) atoms. The van der Waals surface area contributed by atoms with Gasteiger partial charge in [-0.15, -0.1) is 11.3 Å². The Bertz CT molecular complexity index is 1350. The molecule has 0 spiro atoms. The molecule has 8 unspecified atom stereocenters. The third-order valence-electron chi connectivity index (χ3n) is 6.98. The summed E-state index contributed by atoms with van der Waals surface area (Å²) in [5, 5.41) is 80.9. The number of benzene rings is 2. The van der Waals surface area contributed by atoms with Crippen molar-refractivity contribution in [3.63, 3.8) is 0 Å². The van der Waals surface area contributed by atoms with Gasteiger partial charge in [-0.3, -0.25) is 0 Å². The van der Waals surface area contributed by atoms with Gasteiger partial charge in [-0.05, 0) is 24.3 Å². The maximum absolute atomic E-state index is 10.2. The maximum Gasteiger partial charge on any atom is 0.147 e. The SMILES string of the molecule is OCC1OC(C#Cc2ccc3c(c2)sc2cc(C#CC4OC(CO)[C@@H](O)C(O)C4O)ccc23)C(O)C(O)[C@@H]1O. The fourth-order valence-corrected chi connectivity index (χ4v) is 5.87. The third-order valence-corrected chi connectivity index (χ3v) is 8.09. The van der Waals surface area contributed by atoms with Crippen LogP contribution in [0.25, 0.3) is 20.2 Å². The van der Waals surface area contributed by atoms with Crippen LogP contribution in [0.2, 0.25) is 0 Å². The molecule has 5 rings (SSSR count). The highest BCUT2D eigenvalue weighted by molar-refractivity contribution is 7.25. The second kappa shape index (κ2) is 11.5. The van der Waals surface area contributed by atoms with Crippen LogP contribution in [0.5, 0.6) is 0 Å². The number of fused-ring (bicyclic) bond motifs is 3. The molecule has 0 aliphatic carbocycles. The number of rotatable bonds is 2. The summed E-state index contributed by atoms with van der Waals surface area (Å²) in [6, 6.07) is 11.2. The maximum atomic E-state index is 10.2. The van der Waals surface area contributed by atoms with Crippen LogP contribution in [0.15, 0.2) is 36.4 Å². The molecule has 2 fully saturated rings. The number of aliphatic hydroxyl groups is 8. The van der Waals surface area contributed by atoms with Crippen LogP contribution in [0.4, 0.5) is 0 Å². The molecule has 3 heterocycles. The first-order chi connectivity index (χ1) is 18.7. The van der Waals surface area contributed by atoms with Crippen LogP contribution in [0, 0.1) is 23.7 Å². The van der Waals surface area contributed by atoms with Crippen molar-refractivity contribution in [2.24, 2.45) is 0 Å². The zero-order chi connectivity index (χ0) is 27.8. The molecule has 8 N–H and O–H groups in total. The largest absolute Gasteiger partial charge is 0.394 e. The number of aliphatic hydroxyl groups excluding tert-OH is 8. The zero-order valence-electron chi connectivity index (χ0n) is 20.5. The predicted molar refractivity (Wildman–Crippen MR) is 141 cm³/mol. The van der Waals surface area contributed by atoms with Crippen LogP contribution in [0.1, 0.15) is 11.1 Å². The fraction of sp³-hybridized carbons (Fsp3) is 0.429. The Hall–Kier alpha value is -2.62. The van der Waals surface area contributed by atoms with E-state index in [2.05, 4.69) is 23.7 Å². The molecule has 2 aromatic carbocycles. The number of hydrogen-bond donors (Lipinski definition) is 8. The van der Waals surface area contributed by atoms with E-state index in [1.807, 2.05) is 36.4 Å². The molecule has 0 amide bonds. The van der Waals surface area contributed by atoms with Gasteiger partial charge in [-0.1, -0.05) is 35.8 Å². The summed E-state index contributed by atoms with van der Waals surface area (Å²) >= 11 is 1.51. The minimum atomic E-state index is -1.49. The summed E-state index contributed by atoms with van der Waals surface area (Å²) in [6.07, 6.45) is -12.9. The van der Waals surface area contributed by atoms with Gasteiger partial charge < -0.3 is 50.3 Å². The highest BCUT2D eigenvalue weighted by atomic mass is 32.1. The van der Waals surface area contributed by atoms with E-state index in [-0.39, 0.29) is 0 Å². The molecule has 2 saturated heterocycles. The van der Waals surface area contributed by atoms with Gasteiger partial charge in [0, 0.05) is 31.3 Å². The molecule has 3 aromatic rings. The fourth-order valence-electron chi connectivity index (χ4n) is 4.68. The van der Waals surface area contributed by atoms with Gasteiger partial charge in [0.05, 0.1) is 13.2 Å². The van der Waals surface area contributed by atoms with E-state index in [1.165, 1.54) is 11.3 Å². The van der Waals surface area contributed by atoms with Crippen LogP contribution >= 0.6 is 11.3 Å². The summed E-state index contributed by atoms with van der Waals surface area (Å²) in [6.45, 7) is -1.04. The van der Waals surface area contributed by atoms with E-state index < -0.39 is 74.3 Å². The van der Waals surface area contributed by atoms with Crippen molar-refractivity contribution in [2.45, 2.75) is 61.0 Å². The Kier molecular flexibility index (Phi) is 8.21. The highest BCUT2D eigenvalue weighted by Gasteiger charge is 2.43. The summed E-state index contributed by atoms with van der Waals surface area (Å²) < 4.78 is 12.8. The van der Waals surface area contributed by atoms with Gasteiger partial charge in [0.1, 0.15) is 61.0 Å². The lowest BCUT2D eigenvalue weighted by Gasteiger charge is -2.37. The van der Waals surface area contributed by atoms with Gasteiger partial charge in [0.25, 0.3) is 0 Å². The lowest BCUT2D eigenvalue weighted by Crippen LogP contribution is -2.58. The quantitative estimate of drug-likeness (QED) is 0.172. The van der Waals surface area contributed by atoms with Crippen molar-refractivity contribution in [1.82, 2.24) is 0 Å². The van der Waals surface area contributed by atoms with E-state index in [4.69, 9.17) is 9.47 Å². The number of thiophene rings is 1. The first-order valence-corrected chi connectivity index (χ1v) is 13.1. The Morgan fingerprint density at radius 3 is 1.38 bits per heavy atom. The Morgan fingerprint density at radius 1 is 0.590 bits per heavy atom. The van der Waals surface area contributed by atoms with E-state index in [0.29, 0.717) is 11.1 Å². The zero-order valence-corrected chi connectivity index (χ0v) is 21.3. The monoisotopic (exact) mass is 556 g/mol. The lowest BCUT2D eigenvalue weighted by atomic mass is 9.95. The smallest absolute Gasteiger partial charge is 0.147 e. The minimum Gasteiger partial charge on any atom is -0.394 e. The first-order valence-electron chi connectivity index (χ1n) is 12.3. The molecule has 1 aromatic heterocycles. The summed E-state index contributed by atoms with van der Waals surface area (Å²) in [7, 11) is 0. The molecule has 0 bridgehead atoms. The lowest BCUT2D eigenvalue weighted by molar-refractivity contribution is -0.214. The predicted octanol–water partition coefficient (Wildman–Crippen LogP) is -1.56. The average molecular weight is 557 g/mol. The van der Waals surface area contributed by atoms with Gasteiger partial charge in [0.15, 0.2) is 0 Å². The van der Waals surface area contributed by atoms with Crippen LogP contribution in [-0.2, 0) is 9.47 Å². The molecule has 11 heteroatoms.